The van der Waals surface area contributed by atoms with E-state index in [9.17, 15) is 4.79 Å². The summed E-state index contributed by atoms with van der Waals surface area (Å²) >= 11 is 0. The fraction of sp³-hybridized carbons (Fsp3) is 0.444. The van der Waals surface area contributed by atoms with E-state index in [1.54, 1.807) is 0 Å². The first-order valence-electron chi connectivity index (χ1n) is 4.02. The molecule has 5 nitrogen and oxygen atoms in total. The lowest BCUT2D eigenvalue weighted by atomic mass is 10.0. The Morgan fingerprint density at radius 2 is 1.79 bits per heavy atom. The van der Waals surface area contributed by atoms with E-state index in [1.165, 1.54) is 6.08 Å². The Morgan fingerprint density at radius 1 is 1.29 bits per heavy atom. The number of aliphatic hydroxyl groups is 3. The predicted molar refractivity (Wildman–Crippen MR) is 49.6 cm³/mol. The van der Waals surface area contributed by atoms with Crippen molar-refractivity contribution in [1.29, 1.82) is 0 Å². The summed E-state index contributed by atoms with van der Waals surface area (Å²) < 4.78 is 0. The summed E-state index contributed by atoms with van der Waals surface area (Å²) in [6.07, 6.45) is 1.30. The second-order valence-electron chi connectivity index (χ2n) is 2.76. The number of aliphatic carboxylic acids is 1. The van der Waals surface area contributed by atoms with E-state index in [0.717, 1.165) is 0 Å². The molecule has 0 saturated carbocycles. The van der Waals surface area contributed by atoms with E-state index in [1.807, 2.05) is 0 Å². The molecular weight excluding hydrogens is 188 g/mol. The van der Waals surface area contributed by atoms with Crippen LogP contribution in [0.25, 0.3) is 0 Å². The Hall–Kier alpha value is -1.17. The Morgan fingerprint density at radius 3 is 2.07 bits per heavy atom. The maximum atomic E-state index is 10.5. The first kappa shape index (κ1) is 12.8. The van der Waals surface area contributed by atoms with Gasteiger partial charge in [-0.05, 0) is 5.57 Å². The van der Waals surface area contributed by atoms with Crippen LogP contribution in [0.15, 0.2) is 23.8 Å². The minimum atomic E-state index is -1.24. The fourth-order valence-electron chi connectivity index (χ4n) is 0.834. The average molecular weight is 202 g/mol. The Labute approximate surface area is 81.6 Å². The molecule has 0 bridgehead atoms. The van der Waals surface area contributed by atoms with Gasteiger partial charge in [0.1, 0.15) is 0 Å². The number of carbonyl (C=O) groups is 1. The van der Waals surface area contributed by atoms with Gasteiger partial charge in [0.15, 0.2) is 0 Å². The molecule has 0 aliphatic carbocycles. The molecule has 5 heteroatoms. The molecule has 0 aromatic carbocycles. The van der Waals surface area contributed by atoms with Gasteiger partial charge in [-0.2, -0.15) is 0 Å². The van der Waals surface area contributed by atoms with Crippen molar-refractivity contribution in [2.45, 2.75) is 0 Å². The van der Waals surface area contributed by atoms with Crippen molar-refractivity contribution in [2.24, 2.45) is 5.92 Å². The highest BCUT2D eigenvalue weighted by Gasteiger charge is 2.12. The highest BCUT2D eigenvalue weighted by molar-refractivity contribution is 5.91. The monoisotopic (exact) mass is 202 g/mol. The van der Waals surface area contributed by atoms with E-state index in [0.29, 0.717) is 0 Å². The summed E-state index contributed by atoms with van der Waals surface area (Å²) in [5.74, 6) is -1.81. The highest BCUT2D eigenvalue weighted by atomic mass is 16.4. The number of aliphatic hydroxyl groups excluding tert-OH is 3. The summed E-state index contributed by atoms with van der Waals surface area (Å²) in [6, 6.07) is 0. The van der Waals surface area contributed by atoms with Gasteiger partial charge in [0.25, 0.3) is 0 Å². The largest absolute Gasteiger partial charge is 0.478 e. The van der Waals surface area contributed by atoms with Gasteiger partial charge in [-0.3, -0.25) is 0 Å². The van der Waals surface area contributed by atoms with Gasteiger partial charge < -0.3 is 20.4 Å². The molecule has 0 aromatic rings. The van der Waals surface area contributed by atoms with Crippen molar-refractivity contribution in [3.63, 3.8) is 0 Å². The van der Waals surface area contributed by atoms with Crippen LogP contribution < -0.4 is 0 Å². The minimum Gasteiger partial charge on any atom is -0.478 e. The SMILES string of the molecule is C=C(C(=O)O)C(=CC(CO)CO)CO. The standard InChI is InChI=1S/C9H14O5/c1-6(9(13)14)8(5-12)2-7(3-10)4-11/h2,7,10-12H,1,3-5H2,(H,13,14). The lowest BCUT2D eigenvalue weighted by Gasteiger charge is -2.09. The topological polar surface area (TPSA) is 98.0 Å². The zero-order valence-electron chi connectivity index (χ0n) is 7.68. The van der Waals surface area contributed by atoms with Crippen LogP contribution in [0.1, 0.15) is 0 Å². The quantitative estimate of drug-likeness (QED) is 0.332. The molecule has 0 aliphatic rings. The van der Waals surface area contributed by atoms with E-state index in [2.05, 4.69) is 6.58 Å². The zero-order valence-corrected chi connectivity index (χ0v) is 7.68. The summed E-state index contributed by atoms with van der Waals surface area (Å²) in [6.45, 7) is 2.15. The van der Waals surface area contributed by atoms with Gasteiger partial charge in [0, 0.05) is 5.92 Å². The number of hydrogen-bond acceptors (Lipinski definition) is 4. The number of hydrogen-bond donors (Lipinski definition) is 4. The first-order chi connectivity index (χ1) is 6.56. The van der Waals surface area contributed by atoms with Gasteiger partial charge in [0.2, 0.25) is 0 Å². The molecule has 4 N–H and O–H groups in total. The van der Waals surface area contributed by atoms with Crippen LogP contribution in [-0.2, 0) is 4.79 Å². The van der Waals surface area contributed by atoms with Crippen molar-refractivity contribution in [3.05, 3.63) is 23.8 Å². The number of carboxylic acid groups (broad SMARTS) is 1. The second-order valence-corrected chi connectivity index (χ2v) is 2.76. The highest BCUT2D eigenvalue weighted by Crippen LogP contribution is 2.11. The lowest BCUT2D eigenvalue weighted by molar-refractivity contribution is -0.132. The van der Waals surface area contributed by atoms with Crippen molar-refractivity contribution >= 4 is 5.97 Å². The molecule has 0 heterocycles. The molecular formula is C9H14O5. The molecule has 0 aliphatic heterocycles. The molecule has 0 rings (SSSR count). The molecule has 0 spiro atoms. The summed E-state index contributed by atoms with van der Waals surface area (Å²) in [7, 11) is 0. The Kier molecular flexibility index (Phi) is 5.78. The van der Waals surface area contributed by atoms with Crippen LogP contribution in [0.4, 0.5) is 0 Å². The summed E-state index contributed by atoms with van der Waals surface area (Å²) in [5.41, 5.74) is -0.134. The molecule has 14 heavy (non-hydrogen) atoms. The normalized spacial score (nSPS) is 11.9. The van der Waals surface area contributed by atoms with Gasteiger partial charge in [0.05, 0.1) is 25.4 Å². The van der Waals surface area contributed by atoms with E-state index < -0.39 is 18.5 Å². The van der Waals surface area contributed by atoms with Gasteiger partial charge in [-0.1, -0.05) is 12.7 Å². The third-order valence-corrected chi connectivity index (χ3v) is 1.72. The Balaban J connectivity index is 4.69. The molecule has 0 unspecified atom stereocenters. The lowest BCUT2D eigenvalue weighted by Crippen LogP contribution is -2.12. The van der Waals surface area contributed by atoms with Gasteiger partial charge in [-0.15, -0.1) is 0 Å². The zero-order chi connectivity index (χ0) is 11.1. The van der Waals surface area contributed by atoms with Crippen LogP contribution in [0.2, 0.25) is 0 Å². The number of carboxylic acids is 1. The van der Waals surface area contributed by atoms with Crippen LogP contribution >= 0.6 is 0 Å². The summed E-state index contributed by atoms with van der Waals surface area (Å²) in [4.78, 5) is 10.5. The van der Waals surface area contributed by atoms with Gasteiger partial charge in [-0.25, -0.2) is 4.79 Å². The van der Waals surface area contributed by atoms with Crippen molar-refractivity contribution in [2.75, 3.05) is 19.8 Å². The molecule has 0 fully saturated rings. The molecule has 0 atom stereocenters. The van der Waals surface area contributed by atoms with E-state index in [4.69, 9.17) is 20.4 Å². The first-order valence-corrected chi connectivity index (χ1v) is 4.02. The van der Waals surface area contributed by atoms with Crippen LogP contribution in [0.3, 0.4) is 0 Å². The molecule has 80 valence electrons. The van der Waals surface area contributed by atoms with E-state index in [-0.39, 0.29) is 24.4 Å². The molecule has 0 saturated heterocycles. The third kappa shape index (κ3) is 3.69. The smallest absolute Gasteiger partial charge is 0.335 e. The maximum absolute atomic E-state index is 10.5. The van der Waals surface area contributed by atoms with Crippen molar-refractivity contribution in [1.82, 2.24) is 0 Å². The minimum absolute atomic E-state index is 0.102. The third-order valence-electron chi connectivity index (χ3n) is 1.72. The Bertz CT molecular complexity index is 240. The van der Waals surface area contributed by atoms with Crippen LogP contribution in [-0.4, -0.2) is 46.2 Å². The van der Waals surface area contributed by atoms with Crippen LogP contribution in [0.5, 0.6) is 0 Å². The molecule has 0 radical (unpaired) electrons. The molecule has 0 aromatic heterocycles. The number of rotatable bonds is 6. The second kappa shape index (κ2) is 6.31. The predicted octanol–water partition coefficient (Wildman–Crippen LogP) is -0.853. The van der Waals surface area contributed by atoms with Crippen LogP contribution in [0, 0.1) is 5.92 Å². The van der Waals surface area contributed by atoms with Crippen molar-refractivity contribution < 1.29 is 25.2 Å². The van der Waals surface area contributed by atoms with Gasteiger partial charge >= 0.3 is 5.97 Å². The molecule has 0 amide bonds. The maximum Gasteiger partial charge on any atom is 0.335 e. The fourth-order valence-corrected chi connectivity index (χ4v) is 0.834. The summed E-state index contributed by atoms with van der Waals surface area (Å²) in [5, 5.41) is 34.8. The average Bonchev–Trinajstić information content (AvgIpc) is 2.19. The van der Waals surface area contributed by atoms with Crippen molar-refractivity contribution in [3.8, 4) is 0 Å². The van der Waals surface area contributed by atoms with E-state index >= 15 is 0 Å².